The van der Waals surface area contributed by atoms with Crippen molar-refractivity contribution >= 4 is 5.97 Å². The highest BCUT2D eigenvalue weighted by atomic mass is 16.4. The number of carboxylic acid groups (broad SMARTS) is 1. The van der Waals surface area contributed by atoms with E-state index in [1.54, 1.807) is 6.92 Å². The average Bonchev–Trinajstić information content (AvgIpc) is 2.37. The molecule has 0 aromatic rings. The van der Waals surface area contributed by atoms with E-state index in [2.05, 4.69) is 31.7 Å². The molecule has 0 spiro atoms. The van der Waals surface area contributed by atoms with E-state index in [0.29, 0.717) is 0 Å². The van der Waals surface area contributed by atoms with Gasteiger partial charge in [-0.05, 0) is 51.9 Å². The summed E-state index contributed by atoms with van der Waals surface area (Å²) in [5.41, 5.74) is 1.37. The lowest BCUT2D eigenvalue weighted by molar-refractivity contribution is -0.141. The van der Waals surface area contributed by atoms with Gasteiger partial charge in [0.2, 0.25) is 0 Å². The second-order valence-electron chi connectivity index (χ2n) is 5.10. The number of aliphatic carboxylic acids is 1. The van der Waals surface area contributed by atoms with Gasteiger partial charge in [-0.3, -0.25) is 4.79 Å². The number of hydrogen-bond donors (Lipinski definition) is 1. The maximum absolute atomic E-state index is 10.7. The minimum absolute atomic E-state index is 0.222. The van der Waals surface area contributed by atoms with Crippen LogP contribution in [0.4, 0.5) is 0 Å². The van der Waals surface area contributed by atoms with Crippen LogP contribution in [0.2, 0.25) is 0 Å². The molecule has 0 heterocycles. The fraction of sp³-hybridized carbons (Fsp3) is 0.588. The fourth-order valence-corrected chi connectivity index (χ4v) is 1.79. The summed E-state index contributed by atoms with van der Waals surface area (Å²) in [6.45, 7) is 7.59. The van der Waals surface area contributed by atoms with E-state index in [1.807, 2.05) is 6.08 Å². The van der Waals surface area contributed by atoms with E-state index in [4.69, 9.17) is 5.11 Å². The van der Waals surface area contributed by atoms with Crippen LogP contribution in [-0.4, -0.2) is 11.1 Å². The van der Waals surface area contributed by atoms with Gasteiger partial charge in [-0.1, -0.05) is 36.8 Å². The van der Waals surface area contributed by atoms with Crippen molar-refractivity contribution in [3.8, 4) is 0 Å². The number of unbranched alkanes of at least 4 members (excludes halogenated alkanes) is 2. The van der Waals surface area contributed by atoms with E-state index in [0.717, 1.165) is 44.9 Å². The molecule has 0 amide bonds. The first-order valence-electron chi connectivity index (χ1n) is 7.22. The maximum Gasteiger partial charge on any atom is 0.306 e. The summed E-state index contributed by atoms with van der Waals surface area (Å²) in [5, 5.41) is 8.78. The van der Waals surface area contributed by atoms with Crippen molar-refractivity contribution in [1.29, 1.82) is 0 Å². The van der Waals surface area contributed by atoms with E-state index >= 15 is 0 Å². The summed E-state index contributed by atoms with van der Waals surface area (Å²) in [7, 11) is 0. The molecule has 1 unspecified atom stereocenters. The predicted molar refractivity (Wildman–Crippen MR) is 82.2 cm³/mol. The first-order chi connectivity index (χ1) is 9.07. The lowest BCUT2D eigenvalue weighted by Gasteiger charge is -2.05. The second kappa shape index (κ2) is 11.8. The summed E-state index contributed by atoms with van der Waals surface area (Å²) in [4.78, 5) is 10.7. The van der Waals surface area contributed by atoms with Gasteiger partial charge in [0.05, 0.1) is 5.92 Å². The molecule has 0 aliphatic carbocycles. The molecule has 0 aromatic heterocycles. The molecule has 0 aromatic carbocycles. The predicted octanol–water partition coefficient (Wildman–Crippen LogP) is 5.13. The van der Waals surface area contributed by atoms with Gasteiger partial charge in [-0.2, -0.15) is 0 Å². The van der Waals surface area contributed by atoms with Gasteiger partial charge in [-0.25, -0.2) is 0 Å². The monoisotopic (exact) mass is 264 g/mol. The van der Waals surface area contributed by atoms with Gasteiger partial charge in [0, 0.05) is 0 Å². The first-order valence-corrected chi connectivity index (χ1v) is 7.22. The summed E-state index contributed by atoms with van der Waals surface area (Å²) >= 11 is 0. The van der Waals surface area contributed by atoms with Crippen LogP contribution in [0.15, 0.2) is 36.5 Å². The average molecular weight is 264 g/mol. The smallest absolute Gasteiger partial charge is 0.306 e. The SMILES string of the molecule is C=CCCC=CCCC=C(C)CCCC(C)C(=O)O. The Labute approximate surface area is 117 Å². The Kier molecular flexibility index (Phi) is 11.0. The summed E-state index contributed by atoms with van der Waals surface area (Å²) in [6, 6.07) is 0. The largest absolute Gasteiger partial charge is 0.481 e. The number of rotatable bonds is 11. The third-order valence-electron chi connectivity index (χ3n) is 3.16. The van der Waals surface area contributed by atoms with Crippen molar-refractivity contribution in [3.05, 3.63) is 36.5 Å². The van der Waals surface area contributed by atoms with Crippen molar-refractivity contribution < 1.29 is 9.90 Å². The second-order valence-corrected chi connectivity index (χ2v) is 5.10. The minimum atomic E-state index is -0.689. The van der Waals surface area contributed by atoms with E-state index in [-0.39, 0.29) is 5.92 Å². The van der Waals surface area contributed by atoms with E-state index in [9.17, 15) is 4.79 Å². The maximum atomic E-state index is 10.7. The molecule has 2 heteroatoms. The van der Waals surface area contributed by atoms with Gasteiger partial charge in [0.15, 0.2) is 0 Å². The molecule has 1 atom stereocenters. The van der Waals surface area contributed by atoms with E-state index in [1.165, 1.54) is 5.57 Å². The molecule has 19 heavy (non-hydrogen) atoms. The topological polar surface area (TPSA) is 37.3 Å². The Hall–Kier alpha value is -1.31. The van der Waals surface area contributed by atoms with Crippen LogP contribution in [-0.2, 0) is 4.79 Å². The van der Waals surface area contributed by atoms with Crippen molar-refractivity contribution in [2.75, 3.05) is 0 Å². The van der Waals surface area contributed by atoms with Crippen molar-refractivity contribution in [3.63, 3.8) is 0 Å². The van der Waals surface area contributed by atoms with Crippen LogP contribution >= 0.6 is 0 Å². The Morgan fingerprint density at radius 2 is 1.84 bits per heavy atom. The molecule has 1 N–H and O–H groups in total. The van der Waals surface area contributed by atoms with Crippen LogP contribution < -0.4 is 0 Å². The Morgan fingerprint density at radius 1 is 1.21 bits per heavy atom. The number of hydrogen-bond acceptors (Lipinski definition) is 1. The minimum Gasteiger partial charge on any atom is -0.481 e. The van der Waals surface area contributed by atoms with Crippen molar-refractivity contribution in [1.82, 2.24) is 0 Å². The summed E-state index contributed by atoms with van der Waals surface area (Å²) in [5.74, 6) is -0.910. The molecule has 0 rings (SSSR count). The Balaban J connectivity index is 3.63. The highest BCUT2D eigenvalue weighted by Gasteiger charge is 2.09. The summed E-state index contributed by atoms with van der Waals surface area (Å²) in [6.07, 6.45) is 15.7. The molecule has 0 saturated heterocycles. The molecule has 0 bridgehead atoms. The van der Waals surface area contributed by atoms with Crippen LogP contribution in [0.25, 0.3) is 0 Å². The van der Waals surface area contributed by atoms with Crippen LogP contribution in [0, 0.1) is 5.92 Å². The lowest BCUT2D eigenvalue weighted by Crippen LogP contribution is -2.08. The van der Waals surface area contributed by atoms with Gasteiger partial charge < -0.3 is 5.11 Å². The molecular formula is C17H28O2. The fourth-order valence-electron chi connectivity index (χ4n) is 1.79. The van der Waals surface area contributed by atoms with Crippen LogP contribution in [0.3, 0.4) is 0 Å². The zero-order valence-corrected chi connectivity index (χ0v) is 12.4. The number of carboxylic acids is 1. The Bertz CT molecular complexity index is 313. The standard InChI is InChI=1S/C17H28O2/c1-4-5-6-7-8-9-10-12-15(2)13-11-14-16(3)17(18)19/h4,7-8,12,16H,1,5-6,9-11,13-14H2,2-3H3,(H,18,19). The zero-order chi connectivity index (χ0) is 14.5. The third kappa shape index (κ3) is 11.5. The molecule has 2 nitrogen and oxygen atoms in total. The van der Waals surface area contributed by atoms with Gasteiger partial charge in [0.1, 0.15) is 0 Å². The number of allylic oxidation sites excluding steroid dienone is 5. The first kappa shape index (κ1) is 17.7. The zero-order valence-electron chi connectivity index (χ0n) is 12.4. The molecule has 0 fully saturated rings. The highest BCUT2D eigenvalue weighted by Crippen LogP contribution is 2.13. The van der Waals surface area contributed by atoms with Crippen molar-refractivity contribution in [2.45, 2.75) is 58.8 Å². The quantitative estimate of drug-likeness (QED) is 0.415. The molecule has 0 saturated carbocycles. The van der Waals surface area contributed by atoms with Gasteiger partial charge in [0.25, 0.3) is 0 Å². The van der Waals surface area contributed by atoms with Gasteiger partial charge >= 0.3 is 5.97 Å². The normalized spacial score (nSPS) is 13.7. The lowest BCUT2D eigenvalue weighted by atomic mass is 10.0. The van der Waals surface area contributed by atoms with Gasteiger partial charge in [-0.15, -0.1) is 6.58 Å². The Morgan fingerprint density at radius 3 is 2.42 bits per heavy atom. The van der Waals surface area contributed by atoms with E-state index < -0.39 is 5.97 Å². The molecule has 0 radical (unpaired) electrons. The molecule has 108 valence electrons. The van der Waals surface area contributed by atoms with Crippen LogP contribution in [0.5, 0.6) is 0 Å². The molecule has 0 aliphatic heterocycles. The molecular weight excluding hydrogens is 236 g/mol. The van der Waals surface area contributed by atoms with Crippen molar-refractivity contribution in [2.24, 2.45) is 5.92 Å². The molecule has 0 aliphatic rings. The number of carbonyl (C=O) groups is 1. The van der Waals surface area contributed by atoms with Crippen LogP contribution in [0.1, 0.15) is 58.8 Å². The third-order valence-corrected chi connectivity index (χ3v) is 3.16. The summed E-state index contributed by atoms with van der Waals surface area (Å²) < 4.78 is 0. The highest BCUT2D eigenvalue weighted by molar-refractivity contribution is 5.69.